The molecule has 0 saturated carbocycles. The molecule has 0 spiro atoms. The first kappa shape index (κ1) is 26.7. The standard InChI is InChI=1S/C25H31N7O3.CH4/c1-25(29-15-22(33)34,24(35)32-11-3-4-12-32)17-7-10-20-19(13-17)30-21(31(20)2)14-28-18-8-5-16(6-9-18)23(26)27;/h5-10,13,28-29H,3-4,11-12,14-15H2,1-2H3,(H3,26,27)(H,33,34);1H4. The van der Waals surface area contributed by atoms with Gasteiger partial charge < -0.3 is 25.6 Å². The summed E-state index contributed by atoms with van der Waals surface area (Å²) < 4.78 is 1.99. The number of carboxylic acid groups (broad SMARTS) is 1. The number of hydrogen-bond donors (Lipinski definition) is 5. The van der Waals surface area contributed by atoms with Gasteiger partial charge in [0.05, 0.1) is 24.1 Å². The lowest BCUT2D eigenvalue weighted by atomic mass is 9.89. The van der Waals surface area contributed by atoms with E-state index in [2.05, 4.69) is 10.6 Å². The number of nitrogens with zero attached hydrogens (tertiary/aromatic N) is 3. The van der Waals surface area contributed by atoms with E-state index >= 15 is 0 Å². The summed E-state index contributed by atoms with van der Waals surface area (Å²) in [6.07, 6.45) is 1.90. The summed E-state index contributed by atoms with van der Waals surface area (Å²) >= 11 is 0. The van der Waals surface area contributed by atoms with Crippen LogP contribution >= 0.6 is 0 Å². The predicted molar refractivity (Wildman–Crippen MR) is 141 cm³/mol. The Labute approximate surface area is 211 Å². The fraction of sp³-hybridized carbons (Fsp3) is 0.385. The minimum absolute atomic E-state index is 0. The molecule has 0 radical (unpaired) electrons. The van der Waals surface area contributed by atoms with Crippen LogP contribution in [0.4, 0.5) is 5.69 Å². The molecular weight excluding hydrogens is 458 g/mol. The summed E-state index contributed by atoms with van der Waals surface area (Å²) in [5.41, 5.74) is 8.20. The Kier molecular flexibility index (Phi) is 7.99. The molecule has 1 aliphatic rings. The highest BCUT2D eigenvalue weighted by molar-refractivity contribution is 5.95. The van der Waals surface area contributed by atoms with Crippen LogP contribution in [0.15, 0.2) is 42.5 Å². The van der Waals surface area contributed by atoms with E-state index in [0.717, 1.165) is 35.4 Å². The van der Waals surface area contributed by atoms with E-state index < -0.39 is 11.5 Å². The summed E-state index contributed by atoms with van der Waals surface area (Å²) in [6, 6.07) is 12.9. The van der Waals surface area contributed by atoms with Gasteiger partial charge in [-0.05, 0) is 61.7 Å². The average Bonchev–Trinajstić information content (AvgIpc) is 3.49. The molecule has 2 aromatic carbocycles. The van der Waals surface area contributed by atoms with Gasteiger partial charge in [-0.3, -0.25) is 20.3 Å². The second kappa shape index (κ2) is 10.8. The van der Waals surface area contributed by atoms with Gasteiger partial charge in [0, 0.05) is 31.4 Å². The summed E-state index contributed by atoms with van der Waals surface area (Å²) in [4.78, 5) is 31.3. The van der Waals surface area contributed by atoms with Gasteiger partial charge in [0.1, 0.15) is 17.2 Å². The number of carbonyl (C=O) groups excluding carboxylic acids is 1. The fourth-order valence-electron chi connectivity index (χ4n) is 4.46. The smallest absolute Gasteiger partial charge is 0.317 e. The Balaban J connectivity index is 0.00000361. The molecule has 1 amide bonds. The normalized spacial score (nSPS) is 14.8. The van der Waals surface area contributed by atoms with E-state index in [4.69, 9.17) is 16.1 Å². The number of amides is 1. The van der Waals surface area contributed by atoms with Crippen molar-refractivity contribution in [3.63, 3.8) is 0 Å². The lowest BCUT2D eigenvalue weighted by molar-refractivity contribution is -0.139. The van der Waals surface area contributed by atoms with Crippen LogP contribution in [0.3, 0.4) is 0 Å². The van der Waals surface area contributed by atoms with Crippen molar-refractivity contribution in [3.8, 4) is 0 Å². The number of imidazole rings is 1. The van der Waals surface area contributed by atoms with Crippen LogP contribution in [-0.2, 0) is 28.7 Å². The van der Waals surface area contributed by atoms with Gasteiger partial charge in [0.2, 0.25) is 5.91 Å². The van der Waals surface area contributed by atoms with Crippen LogP contribution in [0.2, 0.25) is 0 Å². The fourth-order valence-corrected chi connectivity index (χ4v) is 4.46. The first-order valence-corrected chi connectivity index (χ1v) is 11.6. The number of aliphatic carboxylic acids is 1. The van der Waals surface area contributed by atoms with Crippen molar-refractivity contribution in [2.45, 2.75) is 39.3 Å². The van der Waals surface area contributed by atoms with E-state index in [0.29, 0.717) is 30.8 Å². The van der Waals surface area contributed by atoms with Crippen LogP contribution in [0, 0.1) is 5.41 Å². The highest BCUT2D eigenvalue weighted by Crippen LogP contribution is 2.29. The maximum atomic E-state index is 13.4. The maximum Gasteiger partial charge on any atom is 0.317 e. The number of aryl methyl sites for hydroxylation is 1. The summed E-state index contributed by atoms with van der Waals surface area (Å²) in [5.74, 6) is -0.314. The molecule has 3 aromatic rings. The third kappa shape index (κ3) is 5.33. The van der Waals surface area contributed by atoms with Gasteiger partial charge in [0.15, 0.2) is 0 Å². The third-order valence-corrected chi connectivity index (χ3v) is 6.61. The molecular formula is C26H35N7O3. The van der Waals surface area contributed by atoms with Crippen molar-refractivity contribution in [2.24, 2.45) is 12.8 Å². The number of rotatable bonds is 9. The zero-order valence-electron chi connectivity index (χ0n) is 20.0. The zero-order valence-corrected chi connectivity index (χ0v) is 20.0. The van der Waals surface area contributed by atoms with Gasteiger partial charge in [0.25, 0.3) is 0 Å². The Morgan fingerprint density at radius 2 is 1.83 bits per heavy atom. The number of amidine groups is 1. The molecule has 1 fully saturated rings. The van der Waals surface area contributed by atoms with Crippen molar-refractivity contribution in [1.82, 2.24) is 19.8 Å². The number of nitrogens with two attached hydrogens (primary N) is 1. The highest BCUT2D eigenvalue weighted by Gasteiger charge is 2.39. The van der Waals surface area contributed by atoms with Gasteiger partial charge in [-0.25, -0.2) is 4.98 Å². The maximum absolute atomic E-state index is 13.4. The van der Waals surface area contributed by atoms with Crippen LogP contribution in [0.5, 0.6) is 0 Å². The van der Waals surface area contributed by atoms with Crippen LogP contribution in [-0.4, -0.2) is 56.9 Å². The van der Waals surface area contributed by atoms with Crippen LogP contribution in [0.25, 0.3) is 11.0 Å². The van der Waals surface area contributed by atoms with Gasteiger partial charge >= 0.3 is 5.97 Å². The number of hydrogen-bond acceptors (Lipinski definition) is 6. The number of nitrogen functional groups attached to an aromatic ring is 1. The molecule has 6 N–H and O–H groups in total. The average molecular weight is 494 g/mol. The second-order valence-corrected chi connectivity index (χ2v) is 9.01. The molecule has 1 aromatic heterocycles. The Morgan fingerprint density at radius 3 is 2.44 bits per heavy atom. The largest absolute Gasteiger partial charge is 0.480 e. The molecule has 10 heteroatoms. The predicted octanol–water partition coefficient (Wildman–Crippen LogP) is 2.62. The monoisotopic (exact) mass is 493 g/mol. The van der Waals surface area contributed by atoms with Crippen LogP contribution < -0.4 is 16.4 Å². The number of aromatic nitrogens is 2. The lowest BCUT2D eigenvalue weighted by Crippen LogP contribution is -2.54. The third-order valence-electron chi connectivity index (χ3n) is 6.61. The molecule has 1 unspecified atom stereocenters. The number of anilines is 1. The molecule has 2 heterocycles. The summed E-state index contributed by atoms with van der Waals surface area (Å²) in [6.45, 7) is 3.25. The van der Waals surface area contributed by atoms with E-state index in [9.17, 15) is 14.7 Å². The number of carbonyl (C=O) groups is 2. The van der Waals surface area contributed by atoms with E-state index in [1.807, 2.05) is 41.9 Å². The van der Waals surface area contributed by atoms with E-state index in [1.54, 1.807) is 24.0 Å². The molecule has 1 saturated heterocycles. The number of likely N-dealkylation sites (tertiary alicyclic amines) is 1. The lowest BCUT2D eigenvalue weighted by Gasteiger charge is -2.33. The second-order valence-electron chi connectivity index (χ2n) is 9.01. The molecule has 1 aliphatic heterocycles. The molecule has 1 atom stereocenters. The van der Waals surface area contributed by atoms with Crippen molar-refractivity contribution in [3.05, 3.63) is 59.4 Å². The molecule has 10 nitrogen and oxygen atoms in total. The minimum Gasteiger partial charge on any atom is -0.480 e. The number of fused-ring (bicyclic) bond motifs is 1. The van der Waals surface area contributed by atoms with E-state index in [-0.39, 0.29) is 25.7 Å². The van der Waals surface area contributed by atoms with E-state index in [1.165, 1.54) is 0 Å². The van der Waals surface area contributed by atoms with Gasteiger partial charge in [-0.1, -0.05) is 13.5 Å². The van der Waals surface area contributed by atoms with Crippen LogP contribution in [0.1, 0.15) is 44.1 Å². The summed E-state index contributed by atoms with van der Waals surface area (Å²) in [7, 11) is 1.93. The summed E-state index contributed by atoms with van der Waals surface area (Å²) in [5, 5.41) is 23.1. The number of nitrogens with one attached hydrogen (secondary N) is 3. The topological polar surface area (TPSA) is 149 Å². The first-order chi connectivity index (χ1) is 16.7. The number of carboxylic acids is 1. The quantitative estimate of drug-likeness (QED) is 0.227. The van der Waals surface area contributed by atoms with Crippen molar-refractivity contribution in [2.75, 3.05) is 25.0 Å². The molecule has 0 aliphatic carbocycles. The van der Waals surface area contributed by atoms with Crippen molar-refractivity contribution < 1.29 is 14.7 Å². The first-order valence-electron chi connectivity index (χ1n) is 11.6. The molecule has 0 bridgehead atoms. The molecule has 4 rings (SSSR count). The molecule has 192 valence electrons. The van der Waals surface area contributed by atoms with Gasteiger partial charge in [-0.2, -0.15) is 0 Å². The Hall–Kier alpha value is -3.92. The highest BCUT2D eigenvalue weighted by atomic mass is 16.4. The SMILES string of the molecule is C.Cn1c(CNc2ccc(C(=N)N)cc2)nc2cc(C(C)(NCC(=O)O)C(=O)N3CCCC3)ccc21. The van der Waals surface area contributed by atoms with Gasteiger partial charge in [-0.15, -0.1) is 0 Å². The van der Waals surface area contributed by atoms with Crippen molar-refractivity contribution >= 4 is 34.4 Å². The van der Waals surface area contributed by atoms with Crippen molar-refractivity contribution in [1.29, 1.82) is 5.41 Å². The Morgan fingerprint density at radius 1 is 1.17 bits per heavy atom. The zero-order chi connectivity index (χ0) is 25.2. The number of benzene rings is 2. The minimum atomic E-state index is -1.18. The molecule has 36 heavy (non-hydrogen) atoms. The Bertz CT molecular complexity index is 1260.